The molecule has 0 bridgehead atoms. The highest BCUT2D eigenvalue weighted by molar-refractivity contribution is 6.33. The van der Waals surface area contributed by atoms with E-state index >= 15 is 0 Å². The van der Waals surface area contributed by atoms with Gasteiger partial charge in [-0.15, -0.1) is 0 Å². The van der Waals surface area contributed by atoms with E-state index in [9.17, 15) is 0 Å². The number of aryl methyl sites for hydroxylation is 2. The van der Waals surface area contributed by atoms with E-state index in [2.05, 4.69) is 9.97 Å². The highest BCUT2D eigenvalue weighted by Crippen LogP contribution is 2.33. The van der Waals surface area contributed by atoms with Crippen LogP contribution in [0.4, 0.5) is 0 Å². The van der Waals surface area contributed by atoms with Gasteiger partial charge in [0.1, 0.15) is 23.2 Å². The summed E-state index contributed by atoms with van der Waals surface area (Å²) in [6, 6.07) is 9.61. The molecule has 0 aliphatic carbocycles. The molecule has 1 fully saturated rings. The van der Waals surface area contributed by atoms with Crippen molar-refractivity contribution < 1.29 is 9.47 Å². The van der Waals surface area contributed by atoms with Crippen LogP contribution in [0.5, 0.6) is 5.75 Å². The summed E-state index contributed by atoms with van der Waals surface area (Å²) in [4.78, 5) is 14.0. The van der Waals surface area contributed by atoms with Gasteiger partial charge >= 0.3 is 0 Å². The Morgan fingerprint density at radius 2 is 2.07 bits per heavy atom. The van der Waals surface area contributed by atoms with E-state index in [1.165, 1.54) is 0 Å². The summed E-state index contributed by atoms with van der Waals surface area (Å²) in [6.45, 7) is 5.29. The molecule has 7 heteroatoms. The second kappa shape index (κ2) is 6.72. The van der Waals surface area contributed by atoms with Crippen LogP contribution in [0.25, 0.3) is 28.1 Å². The third kappa shape index (κ3) is 2.89. The molecular formula is C21H19ClN4O2. The first kappa shape index (κ1) is 17.4. The Bertz CT molecular complexity index is 1200. The molecule has 1 aromatic carbocycles. The largest absolute Gasteiger partial charge is 0.488 e. The lowest BCUT2D eigenvalue weighted by molar-refractivity contribution is 0.141. The Morgan fingerprint density at radius 1 is 1.18 bits per heavy atom. The van der Waals surface area contributed by atoms with Crippen LogP contribution in [-0.2, 0) is 4.74 Å². The summed E-state index contributed by atoms with van der Waals surface area (Å²) in [5.74, 6) is 1.48. The molecule has 5 rings (SSSR count). The van der Waals surface area contributed by atoms with E-state index in [0.717, 1.165) is 58.2 Å². The van der Waals surface area contributed by atoms with Crippen LogP contribution in [0, 0.1) is 13.8 Å². The van der Waals surface area contributed by atoms with E-state index in [0.29, 0.717) is 11.6 Å². The van der Waals surface area contributed by atoms with Gasteiger partial charge in [-0.3, -0.25) is 4.40 Å². The maximum absolute atomic E-state index is 6.56. The fraction of sp³-hybridized carbons (Fsp3) is 0.286. The number of aromatic nitrogens is 4. The molecule has 3 aromatic heterocycles. The van der Waals surface area contributed by atoms with E-state index in [4.69, 9.17) is 26.1 Å². The maximum atomic E-state index is 6.56. The molecule has 6 nitrogen and oxygen atoms in total. The van der Waals surface area contributed by atoms with Crippen LogP contribution in [0.1, 0.15) is 17.8 Å². The standard InChI is InChI=1S/C21H19ClN4O2/c1-12-3-6-18-21(24-12)26-19(13(2)25-18)10-23-20(26)16-9-14(4-5-17(16)22)28-15-7-8-27-11-15/h3-6,9-10,15H,7-8,11H2,1-2H3. The first-order chi connectivity index (χ1) is 13.6. The van der Waals surface area contributed by atoms with Crippen molar-refractivity contribution >= 4 is 28.3 Å². The number of ether oxygens (including phenoxy) is 2. The molecule has 142 valence electrons. The van der Waals surface area contributed by atoms with Crippen molar-refractivity contribution in [3.05, 3.63) is 52.9 Å². The minimum Gasteiger partial charge on any atom is -0.488 e. The summed E-state index contributed by atoms with van der Waals surface area (Å²) in [5.41, 5.74) is 5.11. The van der Waals surface area contributed by atoms with E-state index in [1.54, 1.807) is 0 Å². The molecule has 4 heterocycles. The minimum atomic E-state index is 0.0719. The number of benzene rings is 1. The van der Waals surface area contributed by atoms with E-state index in [1.807, 2.05) is 54.8 Å². The van der Waals surface area contributed by atoms with Crippen LogP contribution in [0.15, 0.2) is 36.5 Å². The van der Waals surface area contributed by atoms with E-state index in [-0.39, 0.29) is 6.10 Å². The van der Waals surface area contributed by atoms with Crippen molar-refractivity contribution in [3.8, 4) is 17.1 Å². The predicted molar refractivity (Wildman–Crippen MR) is 108 cm³/mol. The van der Waals surface area contributed by atoms with Gasteiger partial charge in [-0.05, 0) is 44.2 Å². The van der Waals surface area contributed by atoms with Crippen molar-refractivity contribution in [1.82, 2.24) is 19.4 Å². The first-order valence-electron chi connectivity index (χ1n) is 9.26. The van der Waals surface area contributed by atoms with Crippen molar-refractivity contribution in [2.24, 2.45) is 0 Å². The Labute approximate surface area is 167 Å². The van der Waals surface area contributed by atoms with Gasteiger partial charge in [0.05, 0.1) is 35.6 Å². The Hall–Kier alpha value is -2.70. The summed E-state index contributed by atoms with van der Waals surface area (Å²) in [5, 5.41) is 0.609. The summed E-state index contributed by atoms with van der Waals surface area (Å²) >= 11 is 6.56. The normalized spacial score (nSPS) is 16.9. The van der Waals surface area contributed by atoms with Crippen LogP contribution >= 0.6 is 11.6 Å². The summed E-state index contributed by atoms with van der Waals surface area (Å²) in [7, 11) is 0. The third-order valence-corrected chi connectivity index (χ3v) is 5.33. The molecule has 1 unspecified atom stereocenters. The number of nitrogens with zero attached hydrogens (tertiary/aromatic N) is 4. The molecular weight excluding hydrogens is 376 g/mol. The molecule has 1 aliphatic heterocycles. The van der Waals surface area contributed by atoms with Crippen molar-refractivity contribution in [2.75, 3.05) is 13.2 Å². The zero-order valence-corrected chi connectivity index (χ0v) is 16.4. The Kier molecular flexibility index (Phi) is 4.18. The average molecular weight is 395 g/mol. The van der Waals surface area contributed by atoms with Gasteiger partial charge in [-0.1, -0.05) is 11.6 Å². The van der Waals surface area contributed by atoms with Gasteiger partial charge in [-0.25, -0.2) is 15.0 Å². The first-order valence-corrected chi connectivity index (χ1v) is 9.64. The molecule has 1 saturated heterocycles. The molecule has 0 radical (unpaired) electrons. The fourth-order valence-corrected chi connectivity index (χ4v) is 3.79. The van der Waals surface area contributed by atoms with Crippen molar-refractivity contribution in [2.45, 2.75) is 26.4 Å². The smallest absolute Gasteiger partial charge is 0.165 e. The molecule has 0 N–H and O–H groups in total. The number of hydrogen-bond donors (Lipinski definition) is 0. The predicted octanol–water partition coefficient (Wildman–Crippen LogP) is 4.38. The average Bonchev–Trinajstić information content (AvgIpc) is 3.34. The third-order valence-electron chi connectivity index (χ3n) is 5.00. The van der Waals surface area contributed by atoms with Crippen LogP contribution in [-0.4, -0.2) is 38.7 Å². The number of pyridine rings is 1. The Morgan fingerprint density at radius 3 is 2.89 bits per heavy atom. The summed E-state index contributed by atoms with van der Waals surface area (Å²) < 4.78 is 13.5. The van der Waals surface area contributed by atoms with Crippen molar-refractivity contribution in [1.29, 1.82) is 0 Å². The van der Waals surface area contributed by atoms with Crippen LogP contribution in [0.2, 0.25) is 5.02 Å². The second-order valence-electron chi connectivity index (χ2n) is 7.04. The summed E-state index contributed by atoms with van der Waals surface area (Å²) in [6.07, 6.45) is 2.78. The topological polar surface area (TPSA) is 61.5 Å². The zero-order valence-electron chi connectivity index (χ0n) is 15.6. The maximum Gasteiger partial charge on any atom is 0.165 e. The molecule has 28 heavy (non-hydrogen) atoms. The second-order valence-corrected chi connectivity index (χ2v) is 7.45. The Balaban J connectivity index is 1.71. The van der Waals surface area contributed by atoms with Crippen LogP contribution in [0.3, 0.4) is 0 Å². The molecule has 1 atom stereocenters. The number of hydrogen-bond acceptors (Lipinski definition) is 5. The van der Waals surface area contributed by atoms with Gasteiger partial charge in [0.15, 0.2) is 5.65 Å². The molecule has 0 saturated carbocycles. The molecule has 1 aliphatic rings. The minimum absolute atomic E-state index is 0.0719. The highest BCUT2D eigenvalue weighted by atomic mass is 35.5. The number of fused-ring (bicyclic) bond motifs is 3. The quantitative estimate of drug-likeness (QED) is 0.516. The van der Waals surface area contributed by atoms with E-state index < -0.39 is 0 Å². The van der Waals surface area contributed by atoms with Gasteiger partial charge in [0.25, 0.3) is 0 Å². The van der Waals surface area contributed by atoms with Crippen molar-refractivity contribution in [3.63, 3.8) is 0 Å². The molecule has 0 spiro atoms. The fourth-order valence-electron chi connectivity index (χ4n) is 3.58. The highest BCUT2D eigenvalue weighted by Gasteiger charge is 2.20. The lowest BCUT2D eigenvalue weighted by Crippen LogP contribution is -2.15. The monoisotopic (exact) mass is 394 g/mol. The van der Waals surface area contributed by atoms with Gasteiger partial charge in [0, 0.05) is 17.7 Å². The van der Waals surface area contributed by atoms with Gasteiger partial charge < -0.3 is 9.47 Å². The lowest BCUT2D eigenvalue weighted by Gasteiger charge is -2.14. The van der Waals surface area contributed by atoms with Gasteiger partial charge in [0.2, 0.25) is 0 Å². The SMILES string of the molecule is Cc1ccc2nc(C)c3cnc(-c4cc(OC5CCOC5)ccc4Cl)n3c2n1. The number of imidazole rings is 1. The van der Waals surface area contributed by atoms with Gasteiger partial charge in [-0.2, -0.15) is 0 Å². The van der Waals surface area contributed by atoms with Crippen LogP contribution < -0.4 is 4.74 Å². The molecule has 0 amide bonds. The lowest BCUT2D eigenvalue weighted by atomic mass is 10.2. The zero-order chi connectivity index (χ0) is 19.3. The number of rotatable bonds is 3. The number of halogens is 1. The molecule has 4 aromatic rings.